The van der Waals surface area contributed by atoms with Crippen molar-refractivity contribution in [1.29, 1.82) is 0 Å². The van der Waals surface area contributed by atoms with Crippen molar-refractivity contribution in [1.82, 2.24) is 15.1 Å². The molecule has 0 bridgehead atoms. The fourth-order valence-corrected chi connectivity index (χ4v) is 3.43. The molecule has 2 saturated heterocycles. The Bertz CT molecular complexity index is 418. The molecule has 0 amide bonds. The maximum Gasteiger partial charge on any atom is 0.0234 e. The summed E-state index contributed by atoms with van der Waals surface area (Å²) in [5, 5.41) is 3.47. The highest BCUT2D eigenvalue weighted by Gasteiger charge is 2.21. The van der Waals surface area contributed by atoms with Crippen LogP contribution in [0.2, 0.25) is 0 Å². The molecular formula is C17H27N3. The molecule has 2 aliphatic rings. The Hall–Kier alpha value is -0.900. The molecule has 1 atom stereocenters. The van der Waals surface area contributed by atoms with E-state index < -0.39 is 0 Å². The van der Waals surface area contributed by atoms with Crippen LogP contribution in [0.1, 0.15) is 17.5 Å². The number of piperazine rings is 1. The van der Waals surface area contributed by atoms with Crippen molar-refractivity contribution in [2.75, 3.05) is 45.8 Å². The van der Waals surface area contributed by atoms with E-state index in [1.807, 2.05) is 0 Å². The van der Waals surface area contributed by atoms with E-state index in [1.165, 1.54) is 63.4 Å². The maximum atomic E-state index is 3.47. The second kappa shape index (κ2) is 6.70. The van der Waals surface area contributed by atoms with Crippen molar-refractivity contribution in [3.8, 4) is 0 Å². The molecule has 0 spiro atoms. The molecule has 2 aliphatic heterocycles. The molecule has 2 heterocycles. The van der Waals surface area contributed by atoms with Crippen LogP contribution in [-0.2, 0) is 6.54 Å². The summed E-state index contributed by atoms with van der Waals surface area (Å²) in [4.78, 5) is 5.25. The van der Waals surface area contributed by atoms with Crippen LogP contribution >= 0.6 is 0 Å². The van der Waals surface area contributed by atoms with Gasteiger partial charge in [-0.15, -0.1) is 0 Å². The predicted octanol–water partition coefficient (Wildman–Crippen LogP) is 1.72. The third-order valence-electron chi connectivity index (χ3n) is 4.63. The monoisotopic (exact) mass is 273 g/mol. The van der Waals surface area contributed by atoms with Gasteiger partial charge in [0.1, 0.15) is 0 Å². The van der Waals surface area contributed by atoms with E-state index in [1.54, 1.807) is 0 Å². The van der Waals surface area contributed by atoms with E-state index in [4.69, 9.17) is 0 Å². The van der Waals surface area contributed by atoms with E-state index in [2.05, 4.69) is 46.3 Å². The Labute approximate surface area is 123 Å². The number of nitrogens with one attached hydrogen (secondary N) is 1. The maximum absolute atomic E-state index is 3.47. The third kappa shape index (κ3) is 3.81. The van der Waals surface area contributed by atoms with Crippen molar-refractivity contribution >= 4 is 0 Å². The average Bonchev–Trinajstić information content (AvgIpc) is 2.94. The summed E-state index contributed by atoms with van der Waals surface area (Å²) < 4.78 is 0. The van der Waals surface area contributed by atoms with Crippen molar-refractivity contribution in [2.45, 2.75) is 19.9 Å². The minimum atomic E-state index is 0.887. The molecular weight excluding hydrogens is 246 g/mol. The van der Waals surface area contributed by atoms with Crippen LogP contribution in [0, 0.1) is 12.8 Å². The van der Waals surface area contributed by atoms with Gasteiger partial charge in [-0.2, -0.15) is 0 Å². The normalized spacial score (nSPS) is 25.1. The Morgan fingerprint density at radius 3 is 2.65 bits per heavy atom. The lowest BCUT2D eigenvalue weighted by Crippen LogP contribution is -2.47. The fourth-order valence-electron chi connectivity index (χ4n) is 3.43. The predicted molar refractivity (Wildman–Crippen MR) is 83.9 cm³/mol. The van der Waals surface area contributed by atoms with Gasteiger partial charge in [0.25, 0.3) is 0 Å². The van der Waals surface area contributed by atoms with Crippen molar-refractivity contribution < 1.29 is 0 Å². The lowest BCUT2D eigenvalue weighted by Gasteiger charge is -2.35. The highest BCUT2D eigenvalue weighted by atomic mass is 15.3. The van der Waals surface area contributed by atoms with Crippen LogP contribution < -0.4 is 5.32 Å². The van der Waals surface area contributed by atoms with E-state index in [-0.39, 0.29) is 0 Å². The average molecular weight is 273 g/mol. The lowest BCUT2D eigenvalue weighted by molar-refractivity contribution is 0.115. The summed E-state index contributed by atoms with van der Waals surface area (Å²) in [6, 6.07) is 8.92. The molecule has 1 aromatic rings. The van der Waals surface area contributed by atoms with Gasteiger partial charge in [-0.3, -0.25) is 4.90 Å². The Morgan fingerprint density at radius 2 is 1.95 bits per heavy atom. The van der Waals surface area contributed by atoms with Gasteiger partial charge in [-0.05, 0) is 37.9 Å². The molecule has 0 radical (unpaired) electrons. The van der Waals surface area contributed by atoms with Crippen LogP contribution in [0.4, 0.5) is 0 Å². The summed E-state index contributed by atoms with van der Waals surface area (Å²) in [7, 11) is 0. The smallest absolute Gasteiger partial charge is 0.0234 e. The third-order valence-corrected chi connectivity index (χ3v) is 4.63. The van der Waals surface area contributed by atoms with Gasteiger partial charge in [0.2, 0.25) is 0 Å². The minimum absolute atomic E-state index is 0.887. The van der Waals surface area contributed by atoms with Crippen molar-refractivity contribution in [3.05, 3.63) is 35.4 Å². The summed E-state index contributed by atoms with van der Waals surface area (Å²) in [5.74, 6) is 0.887. The Morgan fingerprint density at radius 1 is 1.15 bits per heavy atom. The lowest BCUT2D eigenvalue weighted by atomic mass is 10.1. The van der Waals surface area contributed by atoms with E-state index >= 15 is 0 Å². The van der Waals surface area contributed by atoms with Gasteiger partial charge in [0, 0.05) is 39.3 Å². The van der Waals surface area contributed by atoms with Crippen LogP contribution in [0.5, 0.6) is 0 Å². The molecule has 20 heavy (non-hydrogen) atoms. The van der Waals surface area contributed by atoms with Crippen LogP contribution in [0.3, 0.4) is 0 Å². The topological polar surface area (TPSA) is 18.5 Å². The standard InChI is InChI=1S/C17H27N3/c1-15-3-2-4-16(11-15)13-19-7-9-20(10-8-19)14-17-5-6-18-12-17/h2-4,11,17-18H,5-10,12-14H2,1H3. The molecule has 2 fully saturated rings. The minimum Gasteiger partial charge on any atom is -0.316 e. The Kier molecular flexibility index (Phi) is 4.71. The summed E-state index contributed by atoms with van der Waals surface area (Å²) in [6.07, 6.45) is 1.36. The zero-order valence-electron chi connectivity index (χ0n) is 12.6. The number of rotatable bonds is 4. The highest BCUT2D eigenvalue weighted by molar-refractivity contribution is 5.22. The first-order chi connectivity index (χ1) is 9.79. The first-order valence-electron chi connectivity index (χ1n) is 8.00. The molecule has 1 unspecified atom stereocenters. The van der Waals surface area contributed by atoms with E-state index in [0.717, 1.165) is 12.5 Å². The molecule has 1 N–H and O–H groups in total. The van der Waals surface area contributed by atoms with Gasteiger partial charge in [0.15, 0.2) is 0 Å². The molecule has 0 saturated carbocycles. The number of hydrogen-bond acceptors (Lipinski definition) is 3. The molecule has 110 valence electrons. The number of aryl methyl sites for hydroxylation is 1. The van der Waals surface area contributed by atoms with Gasteiger partial charge < -0.3 is 10.2 Å². The zero-order chi connectivity index (χ0) is 13.8. The van der Waals surface area contributed by atoms with Crippen LogP contribution in [0.25, 0.3) is 0 Å². The van der Waals surface area contributed by atoms with Crippen LogP contribution in [-0.4, -0.2) is 55.6 Å². The highest BCUT2D eigenvalue weighted by Crippen LogP contribution is 2.14. The summed E-state index contributed by atoms with van der Waals surface area (Å²) in [6.45, 7) is 11.9. The van der Waals surface area contributed by atoms with Crippen molar-refractivity contribution in [2.24, 2.45) is 5.92 Å². The van der Waals surface area contributed by atoms with Gasteiger partial charge >= 0.3 is 0 Å². The largest absolute Gasteiger partial charge is 0.316 e. The van der Waals surface area contributed by atoms with E-state index in [0.29, 0.717) is 0 Å². The molecule has 3 rings (SSSR count). The molecule has 0 aromatic heterocycles. The summed E-state index contributed by atoms with van der Waals surface area (Å²) in [5.41, 5.74) is 2.83. The van der Waals surface area contributed by atoms with Gasteiger partial charge in [-0.25, -0.2) is 0 Å². The molecule has 1 aromatic carbocycles. The molecule has 0 aliphatic carbocycles. The SMILES string of the molecule is Cc1cccc(CN2CCN(CC3CCNC3)CC2)c1. The van der Waals surface area contributed by atoms with Crippen LogP contribution in [0.15, 0.2) is 24.3 Å². The number of hydrogen-bond donors (Lipinski definition) is 1. The Balaban J connectivity index is 1.43. The first kappa shape index (κ1) is 14.1. The van der Waals surface area contributed by atoms with E-state index in [9.17, 15) is 0 Å². The molecule has 3 heteroatoms. The first-order valence-corrected chi connectivity index (χ1v) is 8.00. The number of nitrogens with zero attached hydrogens (tertiary/aromatic N) is 2. The summed E-state index contributed by atoms with van der Waals surface area (Å²) >= 11 is 0. The van der Waals surface area contributed by atoms with Gasteiger partial charge in [-0.1, -0.05) is 29.8 Å². The van der Waals surface area contributed by atoms with Crippen molar-refractivity contribution in [3.63, 3.8) is 0 Å². The second-order valence-corrected chi connectivity index (χ2v) is 6.42. The zero-order valence-corrected chi connectivity index (χ0v) is 12.6. The van der Waals surface area contributed by atoms with Gasteiger partial charge in [0.05, 0.1) is 0 Å². The second-order valence-electron chi connectivity index (χ2n) is 6.42. The number of benzene rings is 1. The molecule has 3 nitrogen and oxygen atoms in total. The fraction of sp³-hybridized carbons (Fsp3) is 0.647. The quantitative estimate of drug-likeness (QED) is 0.901.